The number of rotatable bonds is 4. The highest BCUT2D eigenvalue weighted by atomic mass is 16.6. The predicted octanol–water partition coefficient (Wildman–Crippen LogP) is 4.33. The van der Waals surface area contributed by atoms with E-state index >= 15 is 0 Å². The van der Waals surface area contributed by atoms with E-state index < -0.39 is 34.2 Å². The zero-order valence-corrected chi connectivity index (χ0v) is 17.6. The standard InChI is InChI=1S/C21H28N2O6/c1-14(2)18(24)28-15-11-12-22(19(25)29-20(3,4)5)21(6,13-15)16-9-7-8-10-17(16)23(26)27/h7-10,15H,1,11-13H2,2-6H3. The first-order chi connectivity index (χ1) is 13.3. The normalized spacial score (nSPS) is 22.0. The van der Waals surface area contributed by atoms with Gasteiger partial charge in [-0.15, -0.1) is 0 Å². The average molecular weight is 404 g/mol. The summed E-state index contributed by atoms with van der Waals surface area (Å²) in [4.78, 5) is 37.6. The Morgan fingerprint density at radius 3 is 2.48 bits per heavy atom. The molecule has 1 heterocycles. The molecular formula is C21H28N2O6. The minimum absolute atomic E-state index is 0.101. The van der Waals surface area contributed by atoms with E-state index in [1.807, 2.05) is 0 Å². The molecule has 0 bridgehead atoms. The molecular weight excluding hydrogens is 376 g/mol. The minimum atomic E-state index is -1.09. The summed E-state index contributed by atoms with van der Waals surface area (Å²) in [5.41, 5.74) is -1.27. The number of nitro benzene ring substituents is 1. The van der Waals surface area contributed by atoms with Crippen molar-refractivity contribution < 1.29 is 24.0 Å². The number of likely N-dealkylation sites (tertiary alicyclic amines) is 1. The van der Waals surface area contributed by atoms with Crippen LogP contribution in [0.5, 0.6) is 0 Å². The highest BCUT2D eigenvalue weighted by Gasteiger charge is 2.48. The molecule has 1 amide bonds. The van der Waals surface area contributed by atoms with Gasteiger partial charge in [-0.2, -0.15) is 0 Å². The van der Waals surface area contributed by atoms with Gasteiger partial charge in [0.2, 0.25) is 0 Å². The number of hydrogen-bond donors (Lipinski definition) is 0. The van der Waals surface area contributed by atoms with E-state index in [2.05, 4.69) is 6.58 Å². The van der Waals surface area contributed by atoms with E-state index in [4.69, 9.17) is 9.47 Å². The lowest BCUT2D eigenvalue weighted by molar-refractivity contribution is -0.386. The first-order valence-corrected chi connectivity index (χ1v) is 9.46. The van der Waals surface area contributed by atoms with Crippen LogP contribution in [0.15, 0.2) is 36.4 Å². The first kappa shape index (κ1) is 22.4. The van der Waals surface area contributed by atoms with Crippen molar-refractivity contribution in [2.75, 3.05) is 6.54 Å². The third-order valence-electron chi connectivity index (χ3n) is 4.81. The van der Waals surface area contributed by atoms with Gasteiger partial charge in [-0.25, -0.2) is 9.59 Å². The van der Waals surface area contributed by atoms with Crippen LogP contribution in [0.2, 0.25) is 0 Å². The lowest BCUT2D eigenvalue weighted by Gasteiger charge is -2.47. The molecule has 1 aromatic rings. The molecule has 0 radical (unpaired) electrons. The smallest absolute Gasteiger partial charge is 0.411 e. The van der Waals surface area contributed by atoms with Crippen molar-refractivity contribution in [1.82, 2.24) is 4.90 Å². The van der Waals surface area contributed by atoms with Crippen molar-refractivity contribution in [3.8, 4) is 0 Å². The number of nitro groups is 1. The molecule has 1 aliphatic rings. The maximum absolute atomic E-state index is 12.9. The van der Waals surface area contributed by atoms with E-state index in [1.54, 1.807) is 52.8 Å². The Balaban J connectivity index is 2.48. The predicted molar refractivity (Wildman–Crippen MR) is 107 cm³/mol. The Kier molecular flexibility index (Phi) is 6.35. The number of esters is 1. The SMILES string of the molecule is C=C(C)C(=O)OC1CCN(C(=O)OC(C)(C)C)C(C)(c2ccccc2[N+](=O)[O-])C1. The average Bonchev–Trinajstić information content (AvgIpc) is 2.60. The number of nitrogens with zero attached hydrogens (tertiary/aromatic N) is 2. The number of carbonyl (C=O) groups excluding carboxylic acids is 2. The van der Waals surface area contributed by atoms with Crippen LogP contribution in [0.3, 0.4) is 0 Å². The number of piperidine rings is 1. The molecule has 1 aromatic carbocycles. The van der Waals surface area contributed by atoms with Gasteiger partial charge in [0, 0.05) is 31.0 Å². The molecule has 1 saturated heterocycles. The fourth-order valence-electron chi connectivity index (χ4n) is 3.48. The minimum Gasteiger partial charge on any atom is -0.459 e. The zero-order chi connectivity index (χ0) is 22.0. The number of para-hydroxylation sites is 1. The lowest BCUT2D eigenvalue weighted by Crippen LogP contribution is -2.55. The summed E-state index contributed by atoms with van der Waals surface area (Å²) >= 11 is 0. The van der Waals surface area contributed by atoms with Gasteiger partial charge >= 0.3 is 12.1 Å². The molecule has 1 aliphatic heterocycles. The Hall–Kier alpha value is -2.90. The van der Waals surface area contributed by atoms with Crippen molar-refractivity contribution in [3.05, 3.63) is 52.1 Å². The van der Waals surface area contributed by atoms with Crippen molar-refractivity contribution >= 4 is 17.7 Å². The quantitative estimate of drug-likeness (QED) is 0.321. The van der Waals surface area contributed by atoms with Crippen LogP contribution in [-0.4, -0.2) is 40.1 Å². The number of hydrogen-bond acceptors (Lipinski definition) is 6. The molecule has 0 aromatic heterocycles. The Morgan fingerprint density at radius 1 is 1.31 bits per heavy atom. The summed E-state index contributed by atoms with van der Waals surface area (Å²) in [7, 11) is 0. The maximum atomic E-state index is 12.9. The van der Waals surface area contributed by atoms with Gasteiger partial charge in [-0.3, -0.25) is 15.0 Å². The maximum Gasteiger partial charge on any atom is 0.411 e. The summed E-state index contributed by atoms with van der Waals surface area (Å²) < 4.78 is 11.1. The van der Waals surface area contributed by atoms with E-state index in [0.717, 1.165) is 0 Å². The summed E-state index contributed by atoms with van der Waals surface area (Å²) in [6, 6.07) is 6.28. The Labute approximate surface area is 170 Å². The Bertz CT molecular complexity index is 829. The molecule has 2 rings (SSSR count). The third kappa shape index (κ3) is 5.13. The molecule has 158 valence electrons. The second kappa shape index (κ2) is 8.23. The van der Waals surface area contributed by atoms with Crippen LogP contribution in [0.4, 0.5) is 10.5 Å². The first-order valence-electron chi connectivity index (χ1n) is 9.46. The van der Waals surface area contributed by atoms with Crippen LogP contribution in [0, 0.1) is 10.1 Å². The summed E-state index contributed by atoms with van der Waals surface area (Å²) in [6.07, 6.45) is -0.476. The van der Waals surface area contributed by atoms with Gasteiger partial charge in [0.1, 0.15) is 11.7 Å². The Morgan fingerprint density at radius 2 is 1.93 bits per heavy atom. The van der Waals surface area contributed by atoms with Gasteiger partial charge in [0.05, 0.1) is 16.0 Å². The van der Waals surface area contributed by atoms with Gasteiger partial charge < -0.3 is 9.47 Å². The summed E-state index contributed by atoms with van der Waals surface area (Å²) in [5.74, 6) is -0.523. The molecule has 0 N–H and O–H groups in total. The second-order valence-electron chi connectivity index (χ2n) is 8.48. The fourth-order valence-corrected chi connectivity index (χ4v) is 3.48. The van der Waals surface area contributed by atoms with Gasteiger partial charge in [-0.1, -0.05) is 18.7 Å². The van der Waals surface area contributed by atoms with Crippen LogP contribution in [0.1, 0.15) is 53.0 Å². The molecule has 0 saturated carbocycles. The summed E-state index contributed by atoms with van der Waals surface area (Å²) in [5, 5.41) is 11.6. The number of benzene rings is 1. The fraction of sp³-hybridized carbons (Fsp3) is 0.524. The van der Waals surface area contributed by atoms with Crippen LogP contribution in [0.25, 0.3) is 0 Å². The molecule has 29 heavy (non-hydrogen) atoms. The van der Waals surface area contributed by atoms with E-state index in [9.17, 15) is 19.7 Å². The largest absolute Gasteiger partial charge is 0.459 e. The molecule has 0 spiro atoms. The zero-order valence-electron chi connectivity index (χ0n) is 17.6. The molecule has 8 heteroatoms. The number of ether oxygens (including phenoxy) is 2. The van der Waals surface area contributed by atoms with E-state index in [1.165, 1.54) is 11.0 Å². The van der Waals surface area contributed by atoms with Crippen molar-refractivity contribution in [3.63, 3.8) is 0 Å². The van der Waals surface area contributed by atoms with Crippen LogP contribution >= 0.6 is 0 Å². The van der Waals surface area contributed by atoms with Gasteiger partial charge in [0.15, 0.2) is 0 Å². The van der Waals surface area contributed by atoms with E-state index in [-0.39, 0.29) is 24.2 Å². The molecule has 8 nitrogen and oxygen atoms in total. The number of carbonyl (C=O) groups is 2. The monoisotopic (exact) mass is 404 g/mol. The topological polar surface area (TPSA) is 99.0 Å². The van der Waals surface area contributed by atoms with Crippen molar-refractivity contribution in [2.45, 2.75) is 64.7 Å². The highest BCUT2D eigenvalue weighted by Crippen LogP contribution is 2.43. The van der Waals surface area contributed by atoms with Gasteiger partial charge in [-0.05, 0) is 40.7 Å². The molecule has 2 unspecified atom stereocenters. The second-order valence-corrected chi connectivity index (χ2v) is 8.48. The number of amides is 1. The molecule has 0 aliphatic carbocycles. The highest BCUT2D eigenvalue weighted by molar-refractivity contribution is 5.87. The summed E-state index contributed by atoms with van der Waals surface area (Å²) in [6.45, 7) is 12.4. The van der Waals surface area contributed by atoms with Crippen LogP contribution in [-0.2, 0) is 19.8 Å². The lowest BCUT2D eigenvalue weighted by atomic mass is 9.80. The van der Waals surface area contributed by atoms with E-state index in [0.29, 0.717) is 12.0 Å². The van der Waals surface area contributed by atoms with Crippen LogP contribution < -0.4 is 0 Å². The third-order valence-corrected chi connectivity index (χ3v) is 4.81. The van der Waals surface area contributed by atoms with Gasteiger partial charge in [0.25, 0.3) is 5.69 Å². The molecule has 2 atom stereocenters. The van der Waals surface area contributed by atoms with Crippen molar-refractivity contribution in [1.29, 1.82) is 0 Å². The van der Waals surface area contributed by atoms with Crippen molar-refractivity contribution in [2.24, 2.45) is 0 Å². The molecule has 1 fully saturated rings.